The zero-order valence-corrected chi connectivity index (χ0v) is 15.1. The number of carbonyl (C=O) groups is 1. The van der Waals surface area contributed by atoms with Crippen LogP contribution >= 0.6 is 0 Å². The van der Waals surface area contributed by atoms with Crippen LogP contribution in [0.5, 0.6) is 0 Å². The molecule has 0 saturated carbocycles. The molecule has 1 aliphatic heterocycles. The molecule has 0 bridgehead atoms. The molecule has 1 aromatic rings. The van der Waals surface area contributed by atoms with Gasteiger partial charge in [-0.25, -0.2) is 0 Å². The number of amides is 1. The van der Waals surface area contributed by atoms with Gasteiger partial charge < -0.3 is 9.88 Å². The van der Waals surface area contributed by atoms with E-state index >= 15 is 0 Å². The van der Waals surface area contributed by atoms with Gasteiger partial charge in [0.2, 0.25) is 5.56 Å². The average Bonchev–Trinajstić information content (AvgIpc) is 2.90. The molecule has 1 fully saturated rings. The fourth-order valence-corrected chi connectivity index (χ4v) is 3.66. The van der Waals surface area contributed by atoms with E-state index in [0.29, 0.717) is 18.7 Å². The molecule has 0 unspecified atom stereocenters. The Kier molecular flexibility index (Phi) is 5.46. The number of hydrogen-bond acceptors (Lipinski definition) is 4. The van der Waals surface area contributed by atoms with E-state index in [4.69, 9.17) is 0 Å². The third kappa shape index (κ3) is 4.03. The predicted octanol–water partition coefficient (Wildman–Crippen LogP) is -0.132. The van der Waals surface area contributed by atoms with Gasteiger partial charge in [-0.15, -0.1) is 0 Å². The van der Waals surface area contributed by atoms with Crippen molar-refractivity contribution in [3.8, 4) is 0 Å². The molecule has 24 heavy (non-hydrogen) atoms. The van der Waals surface area contributed by atoms with Crippen molar-refractivity contribution < 1.29 is 13.2 Å². The quantitative estimate of drug-likeness (QED) is 0.767. The minimum atomic E-state index is -3.57. The molecule has 134 valence electrons. The minimum Gasteiger partial charge on any atom is -0.337 e. The van der Waals surface area contributed by atoms with Gasteiger partial charge in [-0.2, -0.15) is 17.4 Å². The topological polar surface area (TPSA) is 103 Å². The molecule has 1 aromatic heterocycles. The lowest BCUT2D eigenvalue weighted by Crippen LogP contribution is -2.46. The van der Waals surface area contributed by atoms with E-state index in [0.717, 1.165) is 4.31 Å². The maximum absolute atomic E-state index is 12.6. The fraction of sp³-hybridized carbons (Fsp3) is 0.600. The van der Waals surface area contributed by atoms with Crippen molar-refractivity contribution in [1.82, 2.24) is 18.9 Å². The summed E-state index contributed by atoms with van der Waals surface area (Å²) in [5.41, 5.74) is 0.109. The molecule has 8 nitrogen and oxygen atoms in total. The van der Waals surface area contributed by atoms with E-state index in [1.165, 1.54) is 32.4 Å². The van der Waals surface area contributed by atoms with Gasteiger partial charge in [0.05, 0.1) is 5.56 Å². The number of pyridine rings is 1. The number of aromatic amines is 1. The van der Waals surface area contributed by atoms with E-state index in [1.54, 1.807) is 4.90 Å². The third-order valence-electron chi connectivity index (χ3n) is 4.32. The number of nitrogens with one attached hydrogen (secondary N) is 2. The summed E-state index contributed by atoms with van der Waals surface area (Å²) < 4.78 is 28.0. The van der Waals surface area contributed by atoms with Gasteiger partial charge in [-0.05, 0) is 17.9 Å². The molecule has 2 N–H and O–H groups in total. The summed E-state index contributed by atoms with van der Waals surface area (Å²) in [7, 11) is -0.643. The van der Waals surface area contributed by atoms with E-state index < -0.39 is 10.2 Å². The van der Waals surface area contributed by atoms with Gasteiger partial charge in [0.15, 0.2) is 0 Å². The van der Waals surface area contributed by atoms with Crippen molar-refractivity contribution in [2.75, 3.05) is 27.2 Å². The summed E-state index contributed by atoms with van der Waals surface area (Å²) in [6.07, 6.45) is 1.38. The van der Waals surface area contributed by atoms with Gasteiger partial charge in [0, 0.05) is 45.5 Å². The van der Waals surface area contributed by atoms with Crippen molar-refractivity contribution >= 4 is 16.1 Å². The average molecular weight is 356 g/mol. The first kappa shape index (κ1) is 18.6. The molecule has 9 heteroatoms. The Morgan fingerprint density at radius 1 is 1.33 bits per heavy atom. The largest absolute Gasteiger partial charge is 0.337 e. The lowest BCUT2D eigenvalue weighted by Gasteiger charge is -2.24. The van der Waals surface area contributed by atoms with E-state index in [9.17, 15) is 18.0 Å². The molecule has 0 aromatic carbocycles. The van der Waals surface area contributed by atoms with Crippen LogP contribution in [0.4, 0.5) is 0 Å². The normalized spacial score (nSPS) is 21.7. The molecule has 2 rings (SSSR count). The maximum atomic E-state index is 12.6. The van der Waals surface area contributed by atoms with E-state index in [1.807, 2.05) is 13.8 Å². The number of nitrogens with zero attached hydrogens (tertiary/aromatic N) is 2. The maximum Gasteiger partial charge on any atom is 0.279 e. The van der Waals surface area contributed by atoms with Gasteiger partial charge >= 0.3 is 0 Å². The van der Waals surface area contributed by atoms with Gasteiger partial charge in [-0.3, -0.25) is 9.59 Å². The highest BCUT2D eigenvalue weighted by Crippen LogP contribution is 2.26. The fourth-order valence-electron chi connectivity index (χ4n) is 2.82. The molecular formula is C15H24N4O4S. The van der Waals surface area contributed by atoms with Crippen LogP contribution in [-0.4, -0.2) is 61.7 Å². The molecule has 1 amide bonds. The monoisotopic (exact) mass is 356 g/mol. The van der Waals surface area contributed by atoms with Gasteiger partial charge in [-0.1, -0.05) is 13.8 Å². The Morgan fingerprint density at radius 3 is 2.50 bits per heavy atom. The molecule has 0 aliphatic carbocycles. The Morgan fingerprint density at radius 2 is 2.00 bits per heavy atom. The van der Waals surface area contributed by atoms with Crippen molar-refractivity contribution in [2.45, 2.75) is 19.9 Å². The first-order valence-corrected chi connectivity index (χ1v) is 9.23. The van der Waals surface area contributed by atoms with Crippen molar-refractivity contribution in [3.05, 3.63) is 34.2 Å². The lowest BCUT2D eigenvalue weighted by atomic mass is 9.92. The summed E-state index contributed by atoms with van der Waals surface area (Å²) in [6.45, 7) is 4.79. The van der Waals surface area contributed by atoms with Crippen molar-refractivity contribution in [1.29, 1.82) is 0 Å². The van der Waals surface area contributed by atoms with E-state index in [2.05, 4.69) is 9.71 Å². The minimum absolute atomic E-state index is 0.0198. The Hall–Kier alpha value is -1.71. The molecular weight excluding hydrogens is 332 g/mol. The highest BCUT2D eigenvalue weighted by atomic mass is 32.2. The summed E-state index contributed by atoms with van der Waals surface area (Å²) >= 11 is 0. The molecule has 2 heterocycles. The second-order valence-corrected chi connectivity index (χ2v) is 8.49. The Bertz CT molecular complexity index is 736. The first-order valence-electron chi connectivity index (χ1n) is 7.79. The predicted molar refractivity (Wildman–Crippen MR) is 90.8 cm³/mol. The third-order valence-corrected chi connectivity index (χ3v) is 5.88. The number of H-pyrrole nitrogens is 1. The van der Waals surface area contributed by atoms with Crippen LogP contribution in [0.3, 0.4) is 0 Å². The standard InChI is InChI=1S/C15H24N4O4S/c1-10(2)12-8-19(9-13(12)17-24(22,23)18(3)4)15(21)11-5-6-14(20)16-7-11/h5-7,10,12-13,17H,8-9H2,1-4H3,(H,16,20)/t12-,13+/m0/s1. The highest BCUT2D eigenvalue weighted by Gasteiger charge is 2.39. The summed E-state index contributed by atoms with van der Waals surface area (Å²) in [6, 6.07) is 2.43. The number of likely N-dealkylation sites (tertiary alicyclic amines) is 1. The Balaban J connectivity index is 2.19. The number of hydrogen-bond donors (Lipinski definition) is 2. The van der Waals surface area contributed by atoms with Crippen LogP contribution in [0.25, 0.3) is 0 Å². The SMILES string of the molecule is CC(C)[C@@H]1CN(C(=O)c2ccc(=O)[nH]c2)C[C@H]1NS(=O)(=O)N(C)C. The zero-order chi connectivity index (χ0) is 18.1. The van der Waals surface area contributed by atoms with Gasteiger partial charge in [0.1, 0.15) is 0 Å². The Labute approximate surface area is 142 Å². The van der Waals surface area contributed by atoms with Crippen molar-refractivity contribution in [2.24, 2.45) is 11.8 Å². The lowest BCUT2D eigenvalue weighted by molar-refractivity contribution is 0.0782. The van der Waals surface area contributed by atoms with Crippen LogP contribution < -0.4 is 10.3 Å². The summed E-state index contributed by atoms with van der Waals surface area (Å²) in [5, 5.41) is 0. The van der Waals surface area contributed by atoms with Crippen molar-refractivity contribution in [3.63, 3.8) is 0 Å². The second-order valence-electron chi connectivity index (χ2n) is 6.57. The van der Waals surface area contributed by atoms with Gasteiger partial charge in [0.25, 0.3) is 16.1 Å². The first-order chi connectivity index (χ1) is 11.1. The van der Waals surface area contributed by atoms with Crippen LogP contribution in [0.15, 0.2) is 23.1 Å². The number of aromatic nitrogens is 1. The number of carbonyl (C=O) groups excluding carboxylic acids is 1. The summed E-state index contributed by atoms with van der Waals surface area (Å²) in [4.78, 5) is 27.8. The molecule has 2 atom stereocenters. The highest BCUT2D eigenvalue weighted by molar-refractivity contribution is 7.87. The molecule has 1 saturated heterocycles. The molecule has 0 radical (unpaired) electrons. The number of rotatable bonds is 5. The molecule has 0 spiro atoms. The van der Waals surface area contributed by atoms with Crippen LogP contribution in [-0.2, 0) is 10.2 Å². The molecule has 1 aliphatic rings. The van der Waals surface area contributed by atoms with Crippen LogP contribution in [0.2, 0.25) is 0 Å². The van der Waals surface area contributed by atoms with E-state index in [-0.39, 0.29) is 29.3 Å². The van der Waals surface area contributed by atoms with Crippen LogP contribution in [0.1, 0.15) is 24.2 Å². The smallest absolute Gasteiger partial charge is 0.279 e. The summed E-state index contributed by atoms with van der Waals surface area (Å²) in [5.74, 6) is 0.0168. The zero-order valence-electron chi connectivity index (χ0n) is 14.3. The van der Waals surface area contributed by atoms with Crippen LogP contribution in [0, 0.1) is 11.8 Å². The second kappa shape index (κ2) is 7.04.